The number of benzene rings is 1. The van der Waals surface area contributed by atoms with E-state index in [2.05, 4.69) is 16.9 Å². The zero-order valence-electron chi connectivity index (χ0n) is 9.03. The Bertz CT molecular complexity index is 516. The first-order valence-corrected chi connectivity index (χ1v) is 5.43. The summed E-state index contributed by atoms with van der Waals surface area (Å²) in [6.07, 6.45) is 5.13. The fraction of sp³-hybridized carbons (Fsp3) is 0.0833. The highest BCUT2D eigenvalue weighted by atomic mass is 35.5. The number of nitrogens with zero attached hydrogens (tertiary/aromatic N) is 2. The first-order chi connectivity index (χ1) is 8.22. The summed E-state index contributed by atoms with van der Waals surface area (Å²) >= 11 is 5.92. The maximum atomic E-state index is 13.6. The molecule has 0 spiro atoms. The largest absolute Gasteiger partial charge is 0.322 e. The van der Waals surface area contributed by atoms with E-state index in [-0.39, 0.29) is 5.69 Å². The van der Waals surface area contributed by atoms with E-state index in [4.69, 9.17) is 11.6 Å². The summed E-state index contributed by atoms with van der Waals surface area (Å²) < 4.78 is 15.4. The number of anilines is 2. The van der Waals surface area contributed by atoms with E-state index < -0.39 is 5.82 Å². The van der Waals surface area contributed by atoms with Crippen LogP contribution < -0.4 is 5.32 Å². The molecule has 0 aliphatic carbocycles. The van der Waals surface area contributed by atoms with Gasteiger partial charge in [0.05, 0.1) is 10.7 Å². The summed E-state index contributed by atoms with van der Waals surface area (Å²) in [4.78, 5) is 4.09. The molecule has 0 atom stereocenters. The van der Waals surface area contributed by atoms with E-state index in [1.54, 1.807) is 35.2 Å². The molecule has 2 rings (SSSR count). The number of imidazole rings is 1. The van der Waals surface area contributed by atoms with E-state index in [9.17, 15) is 4.39 Å². The van der Waals surface area contributed by atoms with Gasteiger partial charge < -0.3 is 9.88 Å². The number of aromatic nitrogens is 2. The zero-order chi connectivity index (χ0) is 12.3. The Balaban J connectivity index is 2.31. The molecule has 1 N–H and O–H groups in total. The Kier molecular flexibility index (Phi) is 3.44. The topological polar surface area (TPSA) is 29.9 Å². The van der Waals surface area contributed by atoms with Crippen molar-refractivity contribution in [2.75, 3.05) is 5.32 Å². The SMILES string of the molecule is C=CCn1ccnc1Nc1c(F)cccc1Cl. The van der Waals surface area contributed by atoms with Gasteiger partial charge in [-0.2, -0.15) is 0 Å². The smallest absolute Gasteiger partial charge is 0.207 e. The van der Waals surface area contributed by atoms with Gasteiger partial charge in [-0.15, -0.1) is 6.58 Å². The third-order valence-corrected chi connectivity index (χ3v) is 2.56. The van der Waals surface area contributed by atoms with Crippen molar-refractivity contribution in [1.29, 1.82) is 0 Å². The lowest BCUT2D eigenvalue weighted by Crippen LogP contribution is -2.03. The van der Waals surface area contributed by atoms with Crippen molar-refractivity contribution < 1.29 is 4.39 Å². The second-order valence-electron chi connectivity index (χ2n) is 3.41. The summed E-state index contributed by atoms with van der Waals surface area (Å²) in [7, 11) is 0. The molecule has 0 bridgehead atoms. The average Bonchev–Trinajstić information content (AvgIpc) is 2.72. The Morgan fingerprint density at radius 2 is 2.35 bits per heavy atom. The monoisotopic (exact) mass is 251 g/mol. The van der Waals surface area contributed by atoms with Crippen molar-refractivity contribution in [3.63, 3.8) is 0 Å². The molecule has 0 amide bonds. The van der Waals surface area contributed by atoms with Crippen molar-refractivity contribution in [2.24, 2.45) is 0 Å². The molecule has 17 heavy (non-hydrogen) atoms. The quantitative estimate of drug-likeness (QED) is 0.842. The molecular formula is C12H11ClFN3. The van der Waals surface area contributed by atoms with Crippen LogP contribution in [0.3, 0.4) is 0 Å². The van der Waals surface area contributed by atoms with E-state index >= 15 is 0 Å². The van der Waals surface area contributed by atoms with Gasteiger partial charge in [0.1, 0.15) is 5.82 Å². The summed E-state index contributed by atoms with van der Waals surface area (Å²) in [6, 6.07) is 4.52. The molecule has 2 aromatic rings. The van der Waals surface area contributed by atoms with Crippen LogP contribution in [0, 0.1) is 5.82 Å². The fourth-order valence-corrected chi connectivity index (χ4v) is 1.66. The summed E-state index contributed by atoms with van der Waals surface area (Å²) in [5.74, 6) is 0.113. The van der Waals surface area contributed by atoms with Crippen LogP contribution >= 0.6 is 11.6 Å². The minimum atomic E-state index is -0.411. The molecule has 3 nitrogen and oxygen atoms in total. The van der Waals surface area contributed by atoms with Gasteiger partial charge in [-0.3, -0.25) is 0 Å². The van der Waals surface area contributed by atoms with Gasteiger partial charge >= 0.3 is 0 Å². The first kappa shape index (κ1) is 11.7. The maximum Gasteiger partial charge on any atom is 0.207 e. The molecule has 1 aromatic heterocycles. The van der Waals surface area contributed by atoms with Crippen LogP contribution in [0.1, 0.15) is 0 Å². The van der Waals surface area contributed by atoms with E-state index in [1.807, 2.05) is 0 Å². The number of hydrogen-bond donors (Lipinski definition) is 1. The van der Waals surface area contributed by atoms with Gasteiger partial charge in [-0.05, 0) is 12.1 Å². The molecule has 0 saturated carbocycles. The normalized spacial score (nSPS) is 10.2. The van der Waals surface area contributed by atoms with Crippen LogP contribution in [0.25, 0.3) is 0 Å². The van der Waals surface area contributed by atoms with Gasteiger partial charge in [0.2, 0.25) is 5.95 Å². The molecule has 0 radical (unpaired) electrons. The van der Waals surface area contributed by atoms with Gasteiger partial charge in [0.25, 0.3) is 0 Å². The minimum absolute atomic E-state index is 0.227. The minimum Gasteiger partial charge on any atom is -0.322 e. The molecule has 5 heteroatoms. The van der Waals surface area contributed by atoms with E-state index in [0.29, 0.717) is 17.5 Å². The highest BCUT2D eigenvalue weighted by Crippen LogP contribution is 2.27. The molecule has 0 aliphatic rings. The van der Waals surface area contributed by atoms with Gasteiger partial charge in [-0.1, -0.05) is 23.7 Å². The van der Waals surface area contributed by atoms with Gasteiger partial charge in [-0.25, -0.2) is 9.37 Å². The van der Waals surface area contributed by atoms with Crippen LogP contribution in [0.4, 0.5) is 16.0 Å². The molecule has 0 unspecified atom stereocenters. The fourth-order valence-electron chi connectivity index (χ4n) is 1.45. The van der Waals surface area contributed by atoms with Gasteiger partial charge in [0.15, 0.2) is 0 Å². The predicted octanol–water partition coefficient (Wildman–Crippen LogP) is 3.61. The second kappa shape index (κ2) is 5.01. The lowest BCUT2D eigenvalue weighted by molar-refractivity contribution is 0.631. The van der Waals surface area contributed by atoms with Gasteiger partial charge in [0, 0.05) is 18.9 Å². The summed E-state index contributed by atoms with van der Waals surface area (Å²) in [6.45, 7) is 4.23. The Labute approximate surface area is 104 Å². The molecule has 1 aromatic carbocycles. The molecule has 0 aliphatic heterocycles. The molecule has 1 heterocycles. The highest BCUT2D eigenvalue weighted by molar-refractivity contribution is 6.33. The third-order valence-electron chi connectivity index (χ3n) is 2.24. The number of rotatable bonds is 4. The first-order valence-electron chi connectivity index (χ1n) is 5.05. The standard InChI is InChI=1S/C12H11ClFN3/c1-2-7-17-8-6-15-12(17)16-11-9(13)4-3-5-10(11)14/h2-6,8H,1,7H2,(H,15,16). The number of para-hydroxylation sites is 1. The van der Waals surface area contributed by atoms with E-state index in [0.717, 1.165) is 0 Å². The van der Waals surface area contributed by atoms with E-state index in [1.165, 1.54) is 6.07 Å². The number of allylic oxidation sites excluding steroid dienone is 1. The van der Waals surface area contributed by atoms with Crippen LogP contribution in [0.2, 0.25) is 5.02 Å². The third kappa shape index (κ3) is 2.47. The van der Waals surface area contributed by atoms with Crippen LogP contribution in [0.5, 0.6) is 0 Å². The number of hydrogen-bond acceptors (Lipinski definition) is 2. The zero-order valence-corrected chi connectivity index (χ0v) is 9.78. The Morgan fingerprint density at radius 3 is 3.06 bits per heavy atom. The molecular weight excluding hydrogens is 241 g/mol. The highest BCUT2D eigenvalue weighted by Gasteiger charge is 2.09. The van der Waals surface area contributed by atoms with Crippen LogP contribution in [0.15, 0.2) is 43.2 Å². The summed E-state index contributed by atoms with van der Waals surface area (Å²) in [5.41, 5.74) is 0.227. The van der Waals surface area contributed by atoms with Crippen LogP contribution in [-0.4, -0.2) is 9.55 Å². The van der Waals surface area contributed by atoms with Crippen LogP contribution in [-0.2, 0) is 6.54 Å². The average molecular weight is 252 g/mol. The van der Waals surface area contributed by atoms with Crippen molar-refractivity contribution in [1.82, 2.24) is 9.55 Å². The molecule has 0 saturated heterocycles. The Hall–Kier alpha value is -1.81. The lowest BCUT2D eigenvalue weighted by atomic mass is 10.3. The Morgan fingerprint density at radius 1 is 1.53 bits per heavy atom. The number of halogens is 2. The van der Waals surface area contributed by atoms with Crippen molar-refractivity contribution in [3.8, 4) is 0 Å². The second-order valence-corrected chi connectivity index (χ2v) is 3.82. The van der Waals surface area contributed by atoms with Crippen molar-refractivity contribution in [2.45, 2.75) is 6.54 Å². The van der Waals surface area contributed by atoms with Crippen molar-refractivity contribution >= 4 is 23.2 Å². The van der Waals surface area contributed by atoms with Crippen molar-refractivity contribution in [3.05, 3.63) is 54.1 Å². The molecule has 0 fully saturated rings. The summed E-state index contributed by atoms with van der Waals surface area (Å²) in [5, 5.41) is 3.19. The molecule has 88 valence electrons. The predicted molar refractivity (Wildman–Crippen MR) is 67.1 cm³/mol. The number of nitrogens with one attached hydrogen (secondary N) is 1. The maximum absolute atomic E-state index is 13.6. The lowest BCUT2D eigenvalue weighted by Gasteiger charge is -2.10.